The number of hydrogen-bond donors (Lipinski definition) is 0. The van der Waals surface area contributed by atoms with E-state index in [4.69, 9.17) is 8.91 Å². The van der Waals surface area contributed by atoms with E-state index < -0.39 is 0 Å². The second kappa shape index (κ2) is 9.49. The van der Waals surface area contributed by atoms with Crippen LogP contribution in [0, 0.1) is 0 Å². The quantitative estimate of drug-likeness (QED) is 0.175. The zero-order chi connectivity index (χ0) is 38.5. The zero-order valence-corrected chi connectivity index (χ0v) is 26.9. The van der Waals surface area contributed by atoms with E-state index in [1.807, 2.05) is 24.8 Å². The fourth-order valence-corrected chi connectivity index (χ4v) is 9.32. The third-order valence-corrected chi connectivity index (χ3v) is 11.3. The monoisotopic (exact) mass is 642 g/mol. The average Bonchev–Trinajstić information content (AvgIpc) is 3.78. The van der Waals surface area contributed by atoms with E-state index in [0.29, 0.717) is 0 Å². The van der Waals surface area contributed by atoms with Crippen molar-refractivity contribution in [1.29, 1.82) is 0 Å². The summed E-state index contributed by atoms with van der Waals surface area (Å²) in [5.41, 5.74) is 15.2. The maximum atomic E-state index is 5.00. The van der Waals surface area contributed by atoms with Crippen LogP contribution >= 0.6 is 0 Å². The number of fused-ring (bicyclic) bond motifs is 11. The van der Waals surface area contributed by atoms with Gasteiger partial charge < -0.3 is 0 Å². The van der Waals surface area contributed by atoms with E-state index in [1.54, 1.807) is 0 Å². The Morgan fingerprint density at radius 3 is 1.18 bits per heavy atom. The third kappa shape index (κ3) is 3.28. The number of nitrogens with zero attached hydrogens (tertiary/aromatic N) is 2. The van der Waals surface area contributed by atoms with Gasteiger partial charge in [-0.2, -0.15) is 0 Å². The van der Waals surface area contributed by atoms with Crippen molar-refractivity contribution in [2.75, 3.05) is 0 Å². The number of pyridine rings is 2. The minimum absolute atomic E-state index is 1.14. The minimum Gasteiger partial charge on any atom is -0.264 e. The van der Waals surface area contributed by atoms with Crippen molar-refractivity contribution in [2.45, 2.75) is 0 Å². The molecular formula is C48H32N2. The van der Waals surface area contributed by atoms with E-state index in [1.165, 1.54) is 109 Å². The van der Waals surface area contributed by atoms with Crippen LogP contribution in [0.2, 0.25) is 0 Å². The van der Waals surface area contributed by atoms with Crippen LogP contribution in [0.1, 0.15) is 8.91 Å². The maximum absolute atomic E-state index is 5.00. The molecule has 0 atom stereocenters. The Kier molecular flexibility index (Phi) is 4.49. The molecule has 0 unspecified atom stereocenters. The summed E-state index contributed by atoms with van der Waals surface area (Å²) in [6.07, 6.45) is 7.76. The molecule has 0 radical (unpaired) electrons. The fraction of sp³-hybridized carbons (Fsp3) is 0. The molecule has 0 saturated carbocycles. The van der Waals surface area contributed by atoms with Gasteiger partial charge in [-0.3, -0.25) is 9.97 Å². The van der Waals surface area contributed by atoms with Crippen molar-refractivity contribution < 1.29 is 8.91 Å². The van der Waals surface area contributed by atoms with Crippen molar-refractivity contribution in [3.8, 4) is 66.8 Å². The van der Waals surface area contributed by atoms with E-state index in [0.717, 1.165) is 11.1 Å². The van der Waals surface area contributed by atoms with Gasteiger partial charge in [-0.25, -0.2) is 0 Å². The summed E-state index contributed by atoms with van der Waals surface area (Å²) < 4.78 is 30.0. The molecule has 0 fully saturated rings. The van der Waals surface area contributed by atoms with Crippen molar-refractivity contribution in [2.24, 2.45) is 0 Å². The first kappa shape index (κ1) is 23.6. The first-order chi connectivity index (χ1) is 27.8. The standard InChI is InChI=1S/C48H26N2.3H2/c1-7-27-9-3-15-37-43(27)33(13-1)41-23-39-31-17-20-36-40(32(31)18-19-35(39)45(47(37)41)29-11-5-21-49-25-29)24-42-34-14-2-8-28-10-4-16-38(44(28)34)48(42)46(36)30-12-6-22-50-26-30;;;/h1-26H;3*1H/i;3*1+1D. The lowest BCUT2D eigenvalue weighted by atomic mass is 9.84. The molecule has 0 spiro atoms. The van der Waals surface area contributed by atoms with Gasteiger partial charge in [-0.1, -0.05) is 109 Å². The van der Waals surface area contributed by atoms with Crippen LogP contribution in [-0.2, 0) is 0 Å². The Bertz CT molecular complexity index is 2930. The molecule has 2 aromatic heterocycles. The Hall–Kier alpha value is -6.64. The summed E-state index contributed by atoms with van der Waals surface area (Å²) in [5.74, 6) is 0. The smallest absolute Gasteiger partial charge is 0.0346 e. The number of benzene rings is 8. The van der Waals surface area contributed by atoms with E-state index in [2.05, 4.69) is 143 Å². The molecule has 8 aromatic carbocycles. The Balaban J connectivity index is 0.000000654. The number of aromatic nitrogens is 2. The molecule has 2 heterocycles. The van der Waals surface area contributed by atoms with Gasteiger partial charge in [0.15, 0.2) is 0 Å². The second-order valence-corrected chi connectivity index (χ2v) is 13.7. The zero-order valence-electron chi connectivity index (χ0n) is 32.9. The van der Waals surface area contributed by atoms with Crippen molar-refractivity contribution in [3.63, 3.8) is 0 Å². The lowest BCUT2D eigenvalue weighted by Crippen LogP contribution is -1.92. The minimum atomic E-state index is 1.14. The lowest BCUT2D eigenvalue weighted by molar-refractivity contribution is 1.33. The molecule has 0 amide bonds. The molecule has 12 rings (SSSR count). The first-order valence-electron chi connectivity index (χ1n) is 20.2. The summed E-state index contributed by atoms with van der Waals surface area (Å²) in [6, 6.07) is 49.7. The number of rotatable bonds is 2. The predicted octanol–water partition coefficient (Wildman–Crippen LogP) is 13.6. The van der Waals surface area contributed by atoms with E-state index >= 15 is 0 Å². The normalized spacial score (nSPS) is 12.9. The van der Waals surface area contributed by atoms with Gasteiger partial charge >= 0.3 is 0 Å². The molecule has 234 valence electrons. The predicted molar refractivity (Wildman–Crippen MR) is 216 cm³/mol. The van der Waals surface area contributed by atoms with Crippen LogP contribution in [0.15, 0.2) is 158 Å². The fourth-order valence-electron chi connectivity index (χ4n) is 9.32. The van der Waals surface area contributed by atoms with Gasteiger partial charge in [0, 0.05) is 44.8 Å². The first-order valence-corrected chi connectivity index (χ1v) is 17.2. The molecular weight excluding hydrogens is 605 g/mol. The van der Waals surface area contributed by atoms with Gasteiger partial charge in [0.05, 0.1) is 0 Å². The molecule has 50 heavy (non-hydrogen) atoms. The highest BCUT2D eigenvalue weighted by molar-refractivity contribution is 6.30. The molecule has 2 aliphatic rings. The molecule has 2 aliphatic carbocycles. The molecule has 0 bridgehead atoms. The third-order valence-electron chi connectivity index (χ3n) is 11.3. The molecule has 2 nitrogen and oxygen atoms in total. The Morgan fingerprint density at radius 1 is 0.340 bits per heavy atom. The van der Waals surface area contributed by atoms with Crippen LogP contribution in [0.3, 0.4) is 0 Å². The SMILES string of the molecule is [2H][2H].[2H][2H].[2H][2H].c1cncc(-c2c3c(cc4c2ccc2c5cc6c(c(-c7cccnc7)c5ccc42)-c2cccc4cccc-6c24)-c2cccc4cccc-3c24)c1. The van der Waals surface area contributed by atoms with Gasteiger partial charge in [0.25, 0.3) is 0 Å². The van der Waals surface area contributed by atoms with Gasteiger partial charge in [-0.15, -0.1) is 0 Å². The van der Waals surface area contributed by atoms with Crippen LogP contribution in [0.5, 0.6) is 0 Å². The summed E-state index contributed by atoms with van der Waals surface area (Å²) in [7, 11) is 0. The number of hydrogen-bond acceptors (Lipinski definition) is 2. The largest absolute Gasteiger partial charge is 0.264 e. The van der Waals surface area contributed by atoms with Crippen molar-refractivity contribution >= 4 is 53.9 Å². The maximum Gasteiger partial charge on any atom is 0.0346 e. The summed E-state index contributed by atoms with van der Waals surface area (Å²) in [4.78, 5) is 9.19. The Morgan fingerprint density at radius 2 is 0.760 bits per heavy atom. The van der Waals surface area contributed by atoms with Gasteiger partial charge in [0.1, 0.15) is 0 Å². The second-order valence-electron chi connectivity index (χ2n) is 13.7. The van der Waals surface area contributed by atoms with Crippen LogP contribution < -0.4 is 0 Å². The van der Waals surface area contributed by atoms with E-state index in [9.17, 15) is 0 Å². The lowest BCUT2D eigenvalue weighted by Gasteiger charge is -2.19. The van der Waals surface area contributed by atoms with Crippen molar-refractivity contribution in [1.82, 2.24) is 9.97 Å². The van der Waals surface area contributed by atoms with Gasteiger partial charge in [-0.05, 0) is 134 Å². The summed E-state index contributed by atoms with van der Waals surface area (Å²) in [6.45, 7) is 0. The highest BCUT2D eigenvalue weighted by atomic mass is 14.6. The average molecular weight is 643 g/mol. The summed E-state index contributed by atoms with van der Waals surface area (Å²) >= 11 is 0. The topological polar surface area (TPSA) is 25.8 Å². The van der Waals surface area contributed by atoms with Gasteiger partial charge in [0.2, 0.25) is 0 Å². The molecule has 10 aromatic rings. The van der Waals surface area contributed by atoms with Crippen LogP contribution in [-0.4, -0.2) is 9.97 Å². The molecule has 0 N–H and O–H groups in total. The molecule has 0 saturated heterocycles. The van der Waals surface area contributed by atoms with Crippen molar-refractivity contribution in [3.05, 3.63) is 158 Å². The van der Waals surface area contributed by atoms with Crippen LogP contribution in [0.4, 0.5) is 0 Å². The van der Waals surface area contributed by atoms with E-state index in [-0.39, 0.29) is 0 Å². The summed E-state index contributed by atoms with van der Waals surface area (Å²) in [5, 5.41) is 12.8. The Labute approximate surface area is 297 Å². The molecule has 0 aliphatic heterocycles. The molecule has 2 heteroatoms. The van der Waals surface area contributed by atoms with Crippen LogP contribution in [0.25, 0.3) is 121 Å². The highest BCUT2D eigenvalue weighted by Gasteiger charge is 2.29. The highest BCUT2D eigenvalue weighted by Crippen LogP contribution is 2.56.